The van der Waals surface area contributed by atoms with Crippen molar-refractivity contribution in [2.75, 3.05) is 11.9 Å². The fourth-order valence-electron chi connectivity index (χ4n) is 4.06. The number of anilines is 1. The number of carbonyl (C=O) groups excluding carboxylic acids is 1. The number of nitrogens with one attached hydrogen (secondary N) is 1. The molecule has 0 unspecified atom stereocenters. The predicted molar refractivity (Wildman–Crippen MR) is 128 cm³/mol. The summed E-state index contributed by atoms with van der Waals surface area (Å²) in [4.78, 5) is 21.4. The van der Waals surface area contributed by atoms with E-state index in [9.17, 15) is 18.3 Å². The Bertz CT molecular complexity index is 1280. The molecule has 180 valence electrons. The Labute approximate surface area is 205 Å². The maximum Gasteiger partial charge on any atom is 0.333 e. The van der Waals surface area contributed by atoms with Crippen molar-refractivity contribution < 1.29 is 22.5 Å². The summed E-state index contributed by atoms with van der Waals surface area (Å²) in [5.74, 6) is -0.294. The van der Waals surface area contributed by atoms with E-state index in [2.05, 4.69) is 35.4 Å². The number of hydrogen-bond acceptors (Lipinski definition) is 8. The predicted octanol–water partition coefficient (Wildman–Crippen LogP) is 2.09. The first-order chi connectivity index (χ1) is 16.2. The molecular weight excluding hydrogens is 526 g/mol. The second kappa shape index (κ2) is 10.3. The Morgan fingerprint density at radius 3 is 2.91 bits per heavy atom. The number of hydrogen-bond donors (Lipinski definition) is 3. The molecule has 34 heavy (non-hydrogen) atoms. The Morgan fingerprint density at radius 2 is 2.15 bits per heavy atom. The standard InChI is InChI=1S/C22H24BrN5O5S/c23-17-3-1-2-14(6-17)10-28-5-4-15(11-28)21(30)19-9-25-13-26-22(19)27-18-7-16(20(29)8-18)12-33-34(24,31)32/h1-6,9,11,13,16,18,20,29H,7-8,10,12H2,(H2,24,31,32)(H,25,26,27)/t16-,18-,20+/m1/s1. The van der Waals surface area contributed by atoms with Gasteiger partial charge in [0.25, 0.3) is 0 Å². The SMILES string of the molecule is NS(=O)(=O)OC[C@H]1C[C@@H](Nc2ncncc2C(=O)c2ccn(Cc3cccc(Br)c3)c2)C[C@@H]1O. The third-order valence-electron chi connectivity index (χ3n) is 5.67. The number of aliphatic hydroxyl groups is 1. The molecule has 2 heterocycles. The molecule has 0 bridgehead atoms. The molecule has 1 aliphatic carbocycles. The first-order valence-electron chi connectivity index (χ1n) is 10.5. The zero-order valence-electron chi connectivity index (χ0n) is 18.0. The molecule has 3 aromatic rings. The van der Waals surface area contributed by atoms with Gasteiger partial charge in [0.15, 0.2) is 5.78 Å². The topological polar surface area (TPSA) is 149 Å². The smallest absolute Gasteiger partial charge is 0.333 e. The molecule has 1 aliphatic rings. The fourth-order valence-corrected chi connectivity index (χ4v) is 4.87. The van der Waals surface area contributed by atoms with Crippen molar-refractivity contribution in [2.45, 2.75) is 31.5 Å². The Hall–Kier alpha value is -2.64. The second-order valence-electron chi connectivity index (χ2n) is 8.23. The van der Waals surface area contributed by atoms with E-state index in [-0.39, 0.29) is 18.4 Å². The largest absolute Gasteiger partial charge is 0.393 e. The molecule has 0 saturated heterocycles. The van der Waals surface area contributed by atoms with Crippen LogP contribution < -0.4 is 10.5 Å². The molecule has 1 fully saturated rings. The molecule has 0 amide bonds. The first-order valence-corrected chi connectivity index (χ1v) is 12.8. The van der Waals surface area contributed by atoms with E-state index in [1.54, 1.807) is 12.3 Å². The van der Waals surface area contributed by atoms with Crippen molar-refractivity contribution in [3.05, 3.63) is 76.4 Å². The van der Waals surface area contributed by atoms with E-state index in [4.69, 9.17) is 5.14 Å². The molecule has 0 aliphatic heterocycles. The number of nitrogens with two attached hydrogens (primary N) is 1. The first kappa shape index (κ1) is 24.5. The van der Waals surface area contributed by atoms with Gasteiger partial charge in [0, 0.05) is 47.1 Å². The van der Waals surface area contributed by atoms with Gasteiger partial charge < -0.3 is 15.0 Å². The number of benzene rings is 1. The maximum absolute atomic E-state index is 13.2. The number of rotatable bonds is 9. The van der Waals surface area contributed by atoms with E-state index in [0.29, 0.717) is 36.3 Å². The molecule has 12 heteroatoms. The van der Waals surface area contributed by atoms with Gasteiger partial charge in [0.1, 0.15) is 12.1 Å². The van der Waals surface area contributed by atoms with Gasteiger partial charge in [-0.1, -0.05) is 28.1 Å². The van der Waals surface area contributed by atoms with Gasteiger partial charge in [-0.15, -0.1) is 0 Å². The summed E-state index contributed by atoms with van der Waals surface area (Å²) >= 11 is 3.46. The number of nitrogens with zero attached hydrogens (tertiary/aromatic N) is 3. The summed E-state index contributed by atoms with van der Waals surface area (Å²) in [5, 5.41) is 18.3. The lowest BCUT2D eigenvalue weighted by Gasteiger charge is -2.15. The Morgan fingerprint density at radius 1 is 1.32 bits per heavy atom. The highest BCUT2D eigenvalue weighted by molar-refractivity contribution is 9.10. The van der Waals surface area contributed by atoms with Gasteiger partial charge in [0.2, 0.25) is 0 Å². The molecule has 4 rings (SSSR count). The van der Waals surface area contributed by atoms with E-state index in [1.807, 2.05) is 35.0 Å². The van der Waals surface area contributed by atoms with Crippen molar-refractivity contribution in [1.82, 2.24) is 14.5 Å². The van der Waals surface area contributed by atoms with Crippen molar-refractivity contribution >= 4 is 37.8 Å². The van der Waals surface area contributed by atoms with Crippen molar-refractivity contribution in [3.63, 3.8) is 0 Å². The van der Waals surface area contributed by atoms with Gasteiger partial charge in [-0.25, -0.2) is 15.1 Å². The highest BCUT2D eigenvalue weighted by atomic mass is 79.9. The molecule has 0 radical (unpaired) electrons. The summed E-state index contributed by atoms with van der Waals surface area (Å²) < 4.78 is 29.6. The minimum absolute atomic E-state index is 0.209. The lowest BCUT2D eigenvalue weighted by molar-refractivity contribution is 0.101. The third-order valence-corrected chi connectivity index (χ3v) is 6.63. The molecule has 0 spiro atoms. The van der Waals surface area contributed by atoms with E-state index < -0.39 is 22.3 Å². The zero-order chi connectivity index (χ0) is 24.3. The number of carbonyl (C=O) groups is 1. The quantitative estimate of drug-likeness (QED) is 0.343. The van der Waals surface area contributed by atoms with Crippen LogP contribution in [0, 0.1) is 5.92 Å². The minimum Gasteiger partial charge on any atom is -0.393 e. The van der Waals surface area contributed by atoms with Gasteiger partial charge in [-0.2, -0.15) is 8.42 Å². The average Bonchev–Trinajstić information content (AvgIpc) is 3.38. The van der Waals surface area contributed by atoms with Gasteiger partial charge in [-0.05, 0) is 36.6 Å². The number of ketones is 1. The number of halogens is 1. The molecule has 3 atom stereocenters. The zero-order valence-corrected chi connectivity index (χ0v) is 20.4. The summed E-state index contributed by atoms with van der Waals surface area (Å²) in [6.45, 7) is 0.407. The monoisotopic (exact) mass is 549 g/mol. The third kappa shape index (κ3) is 6.27. The number of aliphatic hydroxyl groups excluding tert-OH is 1. The van der Waals surface area contributed by atoms with E-state index >= 15 is 0 Å². The summed E-state index contributed by atoms with van der Waals surface area (Å²) in [6, 6.07) is 9.46. The van der Waals surface area contributed by atoms with Crippen molar-refractivity contribution in [3.8, 4) is 0 Å². The molecule has 10 nitrogen and oxygen atoms in total. The van der Waals surface area contributed by atoms with Crippen LogP contribution in [0.4, 0.5) is 5.82 Å². The highest BCUT2D eigenvalue weighted by Gasteiger charge is 2.34. The van der Waals surface area contributed by atoms with Crippen molar-refractivity contribution in [1.29, 1.82) is 0 Å². The van der Waals surface area contributed by atoms with E-state index in [1.165, 1.54) is 12.5 Å². The Balaban J connectivity index is 1.44. The average molecular weight is 550 g/mol. The fraction of sp³-hybridized carbons (Fsp3) is 0.318. The normalized spacial score (nSPS) is 20.4. The summed E-state index contributed by atoms with van der Waals surface area (Å²) in [7, 11) is -4.08. The van der Waals surface area contributed by atoms with Crippen LogP contribution in [-0.4, -0.2) is 52.6 Å². The highest BCUT2D eigenvalue weighted by Crippen LogP contribution is 2.30. The molecule has 2 aromatic heterocycles. The van der Waals surface area contributed by atoms with Crippen LogP contribution in [0.1, 0.15) is 34.3 Å². The minimum atomic E-state index is -4.08. The Kier molecular flexibility index (Phi) is 7.43. The molecule has 4 N–H and O–H groups in total. The molecule has 1 aromatic carbocycles. The van der Waals surface area contributed by atoms with Gasteiger partial charge in [-0.3, -0.25) is 8.98 Å². The van der Waals surface area contributed by atoms with Crippen LogP contribution in [-0.2, 0) is 21.0 Å². The lowest BCUT2D eigenvalue weighted by Crippen LogP contribution is -2.24. The van der Waals surface area contributed by atoms with Crippen LogP contribution in [0.5, 0.6) is 0 Å². The maximum atomic E-state index is 13.2. The van der Waals surface area contributed by atoms with Crippen LogP contribution in [0.2, 0.25) is 0 Å². The van der Waals surface area contributed by atoms with Crippen LogP contribution in [0.15, 0.2) is 59.7 Å². The van der Waals surface area contributed by atoms with E-state index in [0.717, 1.165) is 10.0 Å². The van der Waals surface area contributed by atoms with Crippen molar-refractivity contribution in [2.24, 2.45) is 11.1 Å². The van der Waals surface area contributed by atoms with Crippen LogP contribution >= 0.6 is 15.9 Å². The van der Waals surface area contributed by atoms with Gasteiger partial charge >= 0.3 is 10.3 Å². The van der Waals surface area contributed by atoms with Crippen LogP contribution in [0.25, 0.3) is 0 Å². The lowest BCUT2D eigenvalue weighted by atomic mass is 10.1. The summed E-state index contributed by atoms with van der Waals surface area (Å²) in [5.41, 5.74) is 1.90. The molecular formula is C22H24BrN5O5S. The van der Waals surface area contributed by atoms with Crippen LogP contribution in [0.3, 0.4) is 0 Å². The molecule has 1 saturated carbocycles. The second-order valence-corrected chi connectivity index (χ2v) is 10.4. The number of aromatic nitrogens is 3. The summed E-state index contributed by atoms with van der Waals surface area (Å²) in [6.07, 6.45) is 6.42. The van der Waals surface area contributed by atoms with Gasteiger partial charge in [0.05, 0.1) is 18.3 Å².